The summed E-state index contributed by atoms with van der Waals surface area (Å²) >= 11 is 1.59. The average Bonchev–Trinajstić information content (AvgIpc) is 3.08. The highest BCUT2D eigenvalue weighted by Gasteiger charge is 2.22. The number of rotatable bonds is 4. The van der Waals surface area contributed by atoms with Crippen LogP contribution in [0.2, 0.25) is 0 Å². The summed E-state index contributed by atoms with van der Waals surface area (Å²) in [7, 11) is 0. The zero-order chi connectivity index (χ0) is 12.2. The molecule has 2 aromatic rings. The van der Waals surface area contributed by atoms with Crippen LogP contribution in [-0.4, -0.2) is 16.7 Å². The van der Waals surface area contributed by atoms with E-state index < -0.39 is 0 Å². The molecule has 1 aliphatic rings. The van der Waals surface area contributed by atoms with Gasteiger partial charge in [0.15, 0.2) is 0 Å². The van der Waals surface area contributed by atoms with Crippen LogP contribution in [0.4, 0.5) is 0 Å². The van der Waals surface area contributed by atoms with Crippen molar-refractivity contribution in [3.63, 3.8) is 0 Å². The molecule has 1 saturated heterocycles. The van der Waals surface area contributed by atoms with Gasteiger partial charge in [0.2, 0.25) is 5.89 Å². The highest BCUT2D eigenvalue weighted by molar-refractivity contribution is 7.98. The molecule has 1 aromatic carbocycles. The third kappa shape index (κ3) is 2.73. The van der Waals surface area contributed by atoms with Gasteiger partial charge < -0.3 is 9.73 Å². The number of aromatic nitrogens is 2. The van der Waals surface area contributed by atoms with Crippen LogP contribution in [0.25, 0.3) is 0 Å². The van der Waals surface area contributed by atoms with Gasteiger partial charge in [-0.05, 0) is 24.9 Å². The lowest BCUT2D eigenvalue weighted by Gasteiger charge is -2.02. The quantitative estimate of drug-likeness (QED) is 0.858. The Morgan fingerprint density at radius 1 is 1.28 bits per heavy atom. The fourth-order valence-electron chi connectivity index (χ4n) is 2.03. The van der Waals surface area contributed by atoms with Gasteiger partial charge in [-0.15, -0.1) is 10.2 Å². The van der Waals surface area contributed by atoms with Gasteiger partial charge in [-0.3, -0.25) is 0 Å². The minimum atomic E-state index is 0.253. The largest absolute Gasteiger partial charge is 0.414 e. The van der Waals surface area contributed by atoms with E-state index in [2.05, 4.69) is 27.6 Å². The Labute approximate surface area is 110 Å². The van der Waals surface area contributed by atoms with E-state index in [0.717, 1.165) is 24.6 Å². The van der Waals surface area contributed by atoms with Crippen LogP contribution in [0.15, 0.2) is 40.0 Å². The maximum absolute atomic E-state index is 5.67. The van der Waals surface area contributed by atoms with Gasteiger partial charge >= 0.3 is 0 Å². The van der Waals surface area contributed by atoms with Crippen molar-refractivity contribution in [2.75, 3.05) is 6.54 Å². The Morgan fingerprint density at radius 3 is 2.94 bits per heavy atom. The van der Waals surface area contributed by atoms with E-state index in [-0.39, 0.29) is 6.04 Å². The van der Waals surface area contributed by atoms with Crippen LogP contribution in [0.5, 0.6) is 0 Å². The van der Waals surface area contributed by atoms with Gasteiger partial charge in [0.25, 0.3) is 5.22 Å². The van der Waals surface area contributed by atoms with E-state index in [0.29, 0.717) is 5.22 Å². The molecule has 1 aromatic heterocycles. The van der Waals surface area contributed by atoms with Crippen molar-refractivity contribution in [3.8, 4) is 0 Å². The Hall–Kier alpha value is -1.33. The first kappa shape index (κ1) is 11.7. The summed E-state index contributed by atoms with van der Waals surface area (Å²) in [6, 6.07) is 10.6. The van der Waals surface area contributed by atoms with Crippen molar-refractivity contribution in [1.29, 1.82) is 0 Å². The van der Waals surface area contributed by atoms with Crippen molar-refractivity contribution < 1.29 is 4.42 Å². The molecule has 1 fully saturated rings. The van der Waals surface area contributed by atoms with Crippen LogP contribution in [0, 0.1) is 0 Å². The molecule has 1 aliphatic heterocycles. The maximum atomic E-state index is 5.67. The van der Waals surface area contributed by atoms with Crippen LogP contribution in [0.3, 0.4) is 0 Å². The Balaban J connectivity index is 1.60. The molecule has 2 heterocycles. The Kier molecular flexibility index (Phi) is 3.61. The van der Waals surface area contributed by atoms with E-state index in [1.54, 1.807) is 11.8 Å². The normalized spacial score (nSPS) is 19.2. The first-order chi connectivity index (χ1) is 8.92. The summed E-state index contributed by atoms with van der Waals surface area (Å²) in [5.41, 5.74) is 1.27. The molecular weight excluding hydrogens is 246 g/mol. The van der Waals surface area contributed by atoms with E-state index in [1.807, 2.05) is 18.2 Å². The minimum Gasteiger partial charge on any atom is -0.414 e. The monoisotopic (exact) mass is 261 g/mol. The summed E-state index contributed by atoms with van der Waals surface area (Å²) < 4.78 is 5.67. The molecule has 5 heteroatoms. The molecule has 3 rings (SSSR count). The summed E-state index contributed by atoms with van der Waals surface area (Å²) in [5.74, 6) is 1.59. The van der Waals surface area contributed by atoms with Gasteiger partial charge in [-0.2, -0.15) is 0 Å². The highest BCUT2D eigenvalue weighted by Crippen LogP contribution is 2.26. The lowest BCUT2D eigenvalue weighted by molar-refractivity contribution is 0.374. The molecule has 0 bridgehead atoms. The van der Waals surface area contributed by atoms with Gasteiger partial charge in [0, 0.05) is 5.75 Å². The highest BCUT2D eigenvalue weighted by atomic mass is 32.2. The molecule has 0 saturated carbocycles. The topological polar surface area (TPSA) is 51.0 Å². The smallest absolute Gasteiger partial charge is 0.276 e. The van der Waals surface area contributed by atoms with Crippen LogP contribution in [0.1, 0.15) is 30.3 Å². The van der Waals surface area contributed by atoms with Crippen molar-refractivity contribution in [2.45, 2.75) is 29.9 Å². The summed E-state index contributed by atoms with van der Waals surface area (Å²) in [6.07, 6.45) is 2.27. The van der Waals surface area contributed by atoms with E-state index in [1.165, 1.54) is 12.0 Å². The number of nitrogens with one attached hydrogen (secondary N) is 1. The molecule has 0 aliphatic carbocycles. The number of benzene rings is 1. The predicted octanol–water partition coefficient (Wildman–Crippen LogP) is 2.79. The fourth-order valence-corrected chi connectivity index (χ4v) is 2.76. The molecule has 18 heavy (non-hydrogen) atoms. The third-order valence-corrected chi connectivity index (χ3v) is 3.88. The van der Waals surface area contributed by atoms with E-state index in [9.17, 15) is 0 Å². The van der Waals surface area contributed by atoms with Crippen molar-refractivity contribution >= 4 is 11.8 Å². The number of thioether (sulfide) groups is 1. The Morgan fingerprint density at radius 2 is 2.17 bits per heavy atom. The van der Waals surface area contributed by atoms with Crippen LogP contribution in [-0.2, 0) is 5.75 Å². The molecular formula is C13H15N3OS. The first-order valence-electron chi connectivity index (χ1n) is 6.15. The second-order valence-corrected chi connectivity index (χ2v) is 5.26. The van der Waals surface area contributed by atoms with Crippen molar-refractivity contribution in [2.24, 2.45) is 0 Å². The molecule has 94 valence electrons. The number of hydrogen-bond donors (Lipinski definition) is 1. The van der Waals surface area contributed by atoms with Gasteiger partial charge in [-0.25, -0.2) is 0 Å². The van der Waals surface area contributed by atoms with Crippen LogP contribution >= 0.6 is 11.8 Å². The maximum Gasteiger partial charge on any atom is 0.276 e. The van der Waals surface area contributed by atoms with E-state index >= 15 is 0 Å². The van der Waals surface area contributed by atoms with Crippen molar-refractivity contribution in [1.82, 2.24) is 15.5 Å². The predicted molar refractivity (Wildman–Crippen MR) is 70.3 cm³/mol. The molecule has 0 radical (unpaired) electrons. The summed E-state index contributed by atoms with van der Waals surface area (Å²) in [4.78, 5) is 0. The molecule has 0 spiro atoms. The van der Waals surface area contributed by atoms with Crippen LogP contribution < -0.4 is 5.32 Å². The van der Waals surface area contributed by atoms with Gasteiger partial charge in [0.1, 0.15) is 0 Å². The number of hydrogen-bond acceptors (Lipinski definition) is 5. The second kappa shape index (κ2) is 5.54. The number of nitrogens with zero attached hydrogens (tertiary/aromatic N) is 2. The SMILES string of the molecule is c1ccc(CSc2nnc([C@H]3CCCN3)o2)cc1. The zero-order valence-electron chi connectivity index (χ0n) is 10.0. The van der Waals surface area contributed by atoms with Gasteiger partial charge in [-0.1, -0.05) is 42.1 Å². The van der Waals surface area contributed by atoms with E-state index in [4.69, 9.17) is 4.42 Å². The fraction of sp³-hybridized carbons (Fsp3) is 0.385. The average molecular weight is 261 g/mol. The van der Waals surface area contributed by atoms with Gasteiger partial charge in [0.05, 0.1) is 6.04 Å². The summed E-state index contributed by atoms with van der Waals surface area (Å²) in [5, 5.41) is 12.2. The molecule has 0 amide bonds. The second-order valence-electron chi connectivity index (χ2n) is 4.33. The minimum absolute atomic E-state index is 0.253. The molecule has 1 atom stereocenters. The summed E-state index contributed by atoms with van der Waals surface area (Å²) in [6.45, 7) is 1.04. The first-order valence-corrected chi connectivity index (χ1v) is 7.14. The molecule has 1 N–H and O–H groups in total. The standard InChI is InChI=1S/C13H15N3OS/c1-2-5-10(6-3-1)9-18-13-16-15-12(17-13)11-7-4-8-14-11/h1-3,5-6,11,14H,4,7-9H2/t11-/m1/s1. The lowest BCUT2D eigenvalue weighted by Crippen LogP contribution is -2.12. The zero-order valence-corrected chi connectivity index (χ0v) is 10.8. The Bertz CT molecular complexity index is 494. The van der Waals surface area contributed by atoms with Crippen molar-refractivity contribution in [3.05, 3.63) is 41.8 Å². The lowest BCUT2D eigenvalue weighted by atomic mass is 10.2. The molecule has 0 unspecified atom stereocenters. The third-order valence-electron chi connectivity index (χ3n) is 2.99. The molecule has 4 nitrogen and oxygen atoms in total.